The first-order chi connectivity index (χ1) is 7.15. The van der Waals surface area contributed by atoms with Crippen LogP contribution in [0.2, 0.25) is 0 Å². The summed E-state index contributed by atoms with van der Waals surface area (Å²) >= 11 is 0. The fourth-order valence-electron chi connectivity index (χ4n) is 2.16. The summed E-state index contributed by atoms with van der Waals surface area (Å²) in [5.74, 6) is -0.118. The Balaban J connectivity index is 2.40. The Morgan fingerprint density at radius 3 is 3.00 bits per heavy atom. The van der Waals surface area contributed by atoms with E-state index in [1.807, 2.05) is 13.0 Å². The minimum absolute atomic E-state index is 0.128. The number of carbonyl (C=O) groups excluding carboxylic acids is 1. The van der Waals surface area contributed by atoms with Crippen LogP contribution in [0.25, 0.3) is 11.1 Å². The summed E-state index contributed by atoms with van der Waals surface area (Å²) < 4.78 is 4.91. The Kier molecular flexibility index (Phi) is 1.46. The Labute approximate surface area is 84.9 Å². The van der Waals surface area contributed by atoms with Gasteiger partial charge >= 0.3 is 5.76 Å². The van der Waals surface area contributed by atoms with Gasteiger partial charge in [0.15, 0.2) is 11.4 Å². The molecule has 15 heavy (non-hydrogen) atoms. The highest BCUT2D eigenvalue weighted by Crippen LogP contribution is 2.34. The van der Waals surface area contributed by atoms with Crippen LogP contribution in [0.1, 0.15) is 35.2 Å². The van der Waals surface area contributed by atoms with Crippen molar-refractivity contribution in [1.82, 2.24) is 4.98 Å². The van der Waals surface area contributed by atoms with Crippen molar-refractivity contribution < 1.29 is 9.21 Å². The molecular weight excluding hydrogens is 194 g/mol. The van der Waals surface area contributed by atoms with E-state index >= 15 is 0 Å². The summed E-state index contributed by atoms with van der Waals surface area (Å²) in [7, 11) is 0. The molecule has 1 aromatic carbocycles. The molecule has 1 aliphatic carbocycles. The predicted octanol–water partition coefficient (Wildman–Crippen LogP) is 1.81. The number of carbonyl (C=O) groups is 1. The van der Waals surface area contributed by atoms with E-state index in [0.717, 1.165) is 5.56 Å². The van der Waals surface area contributed by atoms with Crippen molar-refractivity contribution in [2.45, 2.75) is 19.3 Å². The molecule has 1 aliphatic rings. The standard InChI is InChI=1S/C11H9NO3/c1-5-2-9(13)7-4-10-8(3-6(5)7)12-11(14)15-10/h3-5H,2H2,1H3,(H,12,14). The van der Waals surface area contributed by atoms with E-state index < -0.39 is 5.76 Å². The van der Waals surface area contributed by atoms with E-state index in [9.17, 15) is 9.59 Å². The van der Waals surface area contributed by atoms with Crippen LogP contribution in [0, 0.1) is 0 Å². The Hall–Kier alpha value is -1.84. The molecule has 4 nitrogen and oxygen atoms in total. The van der Waals surface area contributed by atoms with Gasteiger partial charge in [-0.2, -0.15) is 0 Å². The second-order valence-corrected chi connectivity index (χ2v) is 3.98. The number of H-pyrrole nitrogens is 1. The van der Waals surface area contributed by atoms with Crippen molar-refractivity contribution in [2.24, 2.45) is 0 Å². The molecule has 0 radical (unpaired) electrons. The van der Waals surface area contributed by atoms with Crippen LogP contribution in [0.3, 0.4) is 0 Å². The van der Waals surface area contributed by atoms with Gasteiger partial charge in [-0.25, -0.2) is 4.79 Å². The number of aromatic nitrogens is 1. The predicted molar refractivity (Wildman–Crippen MR) is 54.2 cm³/mol. The first-order valence-corrected chi connectivity index (χ1v) is 4.85. The maximum atomic E-state index is 11.6. The van der Waals surface area contributed by atoms with Gasteiger partial charge in [0.2, 0.25) is 0 Å². The van der Waals surface area contributed by atoms with Crippen LogP contribution in [0.15, 0.2) is 21.3 Å². The number of oxazole rings is 1. The lowest BCUT2D eigenvalue weighted by Crippen LogP contribution is -1.93. The summed E-state index contributed by atoms with van der Waals surface area (Å²) in [6.45, 7) is 2.01. The fraction of sp³-hybridized carbons (Fsp3) is 0.273. The van der Waals surface area contributed by atoms with Crippen molar-refractivity contribution in [2.75, 3.05) is 0 Å². The third-order valence-corrected chi connectivity index (χ3v) is 2.91. The number of hydrogen-bond donors (Lipinski definition) is 1. The molecule has 1 unspecified atom stereocenters. The average molecular weight is 203 g/mol. The molecule has 1 atom stereocenters. The molecule has 4 heteroatoms. The van der Waals surface area contributed by atoms with Crippen LogP contribution in [0.5, 0.6) is 0 Å². The van der Waals surface area contributed by atoms with Gasteiger partial charge in [-0.05, 0) is 23.6 Å². The van der Waals surface area contributed by atoms with Crippen LogP contribution >= 0.6 is 0 Å². The van der Waals surface area contributed by atoms with Crippen molar-refractivity contribution in [1.29, 1.82) is 0 Å². The third-order valence-electron chi connectivity index (χ3n) is 2.91. The van der Waals surface area contributed by atoms with Gasteiger partial charge < -0.3 is 4.42 Å². The largest absolute Gasteiger partial charge is 0.417 e. The Bertz CT molecular complexity index is 620. The number of fused-ring (bicyclic) bond motifs is 2. The SMILES string of the molecule is CC1CC(=O)c2cc3oc(=O)[nH]c3cc21. The first kappa shape index (κ1) is 8.47. The molecule has 0 bridgehead atoms. The molecule has 0 aliphatic heterocycles. The van der Waals surface area contributed by atoms with Crippen LogP contribution in [-0.4, -0.2) is 10.8 Å². The number of rotatable bonds is 0. The number of hydrogen-bond acceptors (Lipinski definition) is 3. The molecule has 76 valence electrons. The van der Waals surface area contributed by atoms with E-state index in [2.05, 4.69) is 4.98 Å². The zero-order valence-electron chi connectivity index (χ0n) is 8.16. The van der Waals surface area contributed by atoms with Crippen molar-refractivity contribution >= 4 is 16.9 Å². The average Bonchev–Trinajstić information content (AvgIpc) is 2.65. The minimum atomic E-state index is -0.478. The quantitative estimate of drug-likeness (QED) is 0.710. The van der Waals surface area contributed by atoms with Gasteiger partial charge in [0.1, 0.15) is 0 Å². The lowest BCUT2D eigenvalue weighted by molar-refractivity contribution is 0.0990. The summed E-state index contributed by atoms with van der Waals surface area (Å²) in [5.41, 5.74) is 2.82. The molecule has 0 amide bonds. The number of aromatic amines is 1. The second kappa shape index (κ2) is 2.59. The molecule has 3 rings (SSSR count). The van der Waals surface area contributed by atoms with E-state index in [1.54, 1.807) is 6.07 Å². The van der Waals surface area contributed by atoms with Gasteiger partial charge in [0, 0.05) is 12.0 Å². The molecule has 1 heterocycles. The highest BCUT2D eigenvalue weighted by Gasteiger charge is 2.27. The van der Waals surface area contributed by atoms with Crippen LogP contribution < -0.4 is 5.76 Å². The van der Waals surface area contributed by atoms with Crippen molar-refractivity contribution in [3.63, 3.8) is 0 Å². The molecule has 0 fully saturated rings. The van der Waals surface area contributed by atoms with Gasteiger partial charge in [-0.1, -0.05) is 6.92 Å². The highest BCUT2D eigenvalue weighted by molar-refractivity contribution is 6.03. The van der Waals surface area contributed by atoms with Gasteiger partial charge in [-0.3, -0.25) is 9.78 Å². The van der Waals surface area contributed by atoms with Crippen LogP contribution in [0.4, 0.5) is 0 Å². The lowest BCUT2D eigenvalue weighted by atomic mass is 10.0. The normalized spacial score (nSPS) is 19.8. The molecule has 0 spiro atoms. The van der Waals surface area contributed by atoms with Gasteiger partial charge in [-0.15, -0.1) is 0 Å². The van der Waals surface area contributed by atoms with E-state index in [1.165, 1.54) is 0 Å². The number of Topliss-reactive ketones (excluding diaryl/α,β-unsaturated/α-hetero) is 1. The lowest BCUT2D eigenvalue weighted by Gasteiger charge is -2.01. The Morgan fingerprint density at radius 1 is 1.40 bits per heavy atom. The monoisotopic (exact) mass is 203 g/mol. The first-order valence-electron chi connectivity index (χ1n) is 4.85. The summed E-state index contributed by atoms with van der Waals surface area (Å²) in [6, 6.07) is 3.50. The number of ketones is 1. The highest BCUT2D eigenvalue weighted by atomic mass is 16.4. The summed E-state index contributed by atoms with van der Waals surface area (Å²) in [6.07, 6.45) is 0.548. The zero-order chi connectivity index (χ0) is 10.6. The van der Waals surface area contributed by atoms with Crippen molar-refractivity contribution in [3.05, 3.63) is 33.8 Å². The molecule has 0 saturated carbocycles. The number of benzene rings is 1. The zero-order valence-corrected chi connectivity index (χ0v) is 8.16. The van der Waals surface area contributed by atoms with Crippen LogP contribution in [-0.2, 0) is 0 Å². The van der Waals surface area contributed by atoms with E-state index in [4.69, 9.17) is 4.42 Å². The maximum absolute atomic E-state index is 11.6. The smallest absolute Gasteiger partial charge is 0.408 e. The molecule has 1 N–H and O–H groups in total. The van der Waals surface area contributed by atoms with Gasteiger partial charge in [0.05, 0.1) is 5.52 Å². The van der Waals surface area contributed by atoms with E-state index in [-0.39, 0.29) is 11.7 Å². The molecule has 1 aromatic heterocycles. The minimum Gasteiger partial charge on any atom is -0.408 e. The third kappa shape index (κ3) is 1.08. The Morgan fingerprint density at radius 2 is 2.20 bits per heavy atom. The molecule has 2 aromatic rings. The van der Waals surface area contributed by atoms with Gasteiger partial charge in [0.25, 0.3) is 0 Å². The summed E-state index contributed by atoms with van der Waals surface area (Å²) in [4.78, 5) is 25.2. The number of nitrogens with one attached hydrogen (secondary N) is 1. The fourth-order valence-corrected chi connectivity index (χ4v) is 2.16. The van der Waals surface area contributed by atoms with E-state index in [0.29, 0.717) is 23.1 Å². The molecular formula is C11H9NO3. The maximum Gasteiger partial charge on any atom is 0.417 e. The second-order valence-electron chi connectivity index (χ2n) is 3.98. The summed E-state index contributed by atoms with van der Waals surface area (Å²) in [5, 5.41) is 0. The molecule has 0 saturated heterocycles. The van der Waals surface area contributed by atoms with Crippen molar-refractivity contribution in [3.8, 4) is 0 Å². The topological polar surface area (TPSA) is 63.1 Å².